The van der Waals surface area contributed by atoms with Gasteiger partial charge in [-0.05, 0) is 35.4 Å². The lowest BCUT2D eigenvalue weighted by Gasteiger charge is -2.12. The molecule has 3 aromatic rings. The number of aromatic nitrogens is 1. The molecule has 5 heteroatoms. The monoisotopic (exact) mass is 321 g/mol. The first-order chi connectivity index (χ1) is 11.6. The number of pyridine rings is 1. The summed E-state index contributed by atoms with van der Waals surface area (Å²) in [6, 6.07) is 15.0. The van der Waals surface area contributed by atoms with Gasteiger partial charge in [-0.25, -0.2) is 9.37 Å². The first kappa shape index (κ1) is 14.5. The highest BCUT2D eigenvalue weighted by Crippen LogP contribution is 2.36. The van der Waals surface area contributed by atoms with Crippen LogP contribution in [-0.4, -0.2) is 10.8 Å². The van der Waals surface area contributed by atoms with Crippen LogP contribution in [0.3, 0.4) is 0 Å². The average Bonchev–Trinajstić information content (AvgIpc) is 2.94. The fraction of sp³-hybridized carbons (Fsp3) is 0.0526. The average molecular weight is 321 g/mol. The molecule has 2 N–H and O–H groups in total. The van der Waals surface area contributed by atoms with E-state index in [4.69, 9.17) is 5.73 Å². The summed E-state index contributed by atoms with van der Waals surface area (Å²) in [6.45, 7) is 0. The summed E-state index contributed by atoms with van der Waals surface area (Å²) in [5.41, 5.74) is 8.86. The van der Waals surface area contributed by atoms with Gasteiger partial charge in [-0.3, -0.25) is 4.99 Å². The van der Waals surface area contributed by atoms with E-state index in [9.17, 15) is 8.78 Å². The zero-order valence-corrected chi connectivity index (χ0v) is 12.6. The third-order valence-corrected chi connectivity index (χ3v) is 4.15. The van der Waals surface area contributed by atoms with Crippen LogP contribution in [-0.2, 0) is 0 Å². The van der Waals surface area contributed by atoms with Crippen molar-refractivity contribution < 1.29 is 8.78 Å². The number of benzene rings is 2. The predicted molar refractivity (Wildman–Crippen MR) is 88.6 cm³/mol. The maximum atomic E-state index is 14.2. The van der Waals surface area contributed by atoms with Crippen molar-refractivity contribution in [2.75, 3.05) is 0 Å². The van der Waals surface area contributed by atoms with E-state index >= 15 is 0 Å². The van der Waals surface area contributed by atoms with Crippen molar-refractivity contribution >= 4 is 5.84 Å². The van der Waals surface area contributed by atoms with Crippen molar-refractivity contribution in [3.63, 3.8) is 0 Å². The first-order valence-electron chi connectivity index (χ1n) is 7.48. The molecule has 0 radical (unpaired) electrons. The highest BCUT2D eigenvalue weighted by Gasteiger charge is 2.25. The van der Waals surface area contributed by atoms with E-state index in [0.717, 1.165) is 16.7 Å². The number of nitrogens with two attached hydrogens (primary N) is 1. The maximum absolute atomic E-state index is 14.2. The Hall–Kier alpha value is -3.08. The lowest BCUT2D eigenvalue weighted by molar-refractivity contribution is 0.582. The molecule has 1 unspecified atom stereocenters. The molecule has 0 saturated carbocycles. The Balaban J connectivity index is 1.85. The summed E-state index contributed by atoms with van der Waals surface area (Å²) in [6.07, 6.45) is 1.33. The van der Waals surface area contributed by atoms with Gasteiger partial charge in [0, 0.05) is 22.9 Å². The molecule has 0 spiro atoms. The van der Waals surface area contributed by atoms with Gasteiger partial charge in [0.2, 0.25) is 5.95 Å². The molecular weight excluding hydrogens is 308 g/mol. The highest BCUT2D eigenvalue weighted by atomic mass is 19.1. The van der Waals surface area contributed by atoms with Gasteiger partial charge < -0.3 is 5.73 Å². The molecule has 2 heterocycles. The van der Waals surface area contributed by atoms with Crippen LogP contribution < -0.4 is 5.73 Å². The van der Waals surface area contributed by atoms with Crippen molar-refractivity contribution in [3.05, 3.63) is 89.2 Å². The molecule has 0 bridgehead atoms. The molecule has 118 valence electrons. The van der Waals surface area contributed by atoms with Gasteiger partial charge in [-0.2, -0.15) is 4.39 Å². The number of halogens is 2. The molecule has 0 fully saturated rings. The molecule has 0 amide bonds. The fourth-order valence-corrected chi connectivity index (χ4v) is 3.01. The van der Waals surface area contributed by atoms with Crippen LogP contribution in [0, 0.1) is 11.8 Å². The number of fused-ring (bicyclic) bond motifs is 1. The van der Waals surface area contributed by atoms with Gasteiger partial charge in [0.1, 0.15) is 17.7 Å². The molecule has 4 rings (SSSR count). The topological polar surface area (TPSA) is 51.3 Å². The minimum absolute atomic E-state index is 0.125. The Morgan fingerprint density at radius 1 is 0.875 bits per heavy atom. The summed E-state index contributed by atoms with van der Waals surface area (Å²) in [4.78, 5) is 8.07. The molecule has 1 atom stereocenters. The second-order valence-corrected chi connectivity index (χ2v) is 5.59. The quantitative estimate of drug-likeness (QED) is 0.729. The van der Waals surface area contributed by atoms with Crippen LogP contribution in [0.5, 0.6) is 0 Å². The Labute approximate surface area is 137 Å². The number of hydrogen-bond acceptors (Lipinski definition) is 3. The SMILES string of the molecule is NC1=NC(c2ccc(F)c(-c3cccnc3F)c2)c2ccccc21. The Bertz CT molecular complexity index is 966. The minimum Gasteiger partial charge on any atom is -0.383 e. The summed E-state index contributed by atoms with van der Waals surface area (Å²) >= 11 is 0. The molecule has 3 nitrogen and oxygen atoms in total. The van der Waals surface area contributed by atoms with Crippen LogP contribution >= 0.6 is 0 Å². The van der Waals surface area contributed by atoms with E-state index in [0.29, 0.717) is 5.84 Å². The zero-order chi connectivity index (χ0) is 16.7. The Kier molecular flexibility index (Phi) is 3.34. The summed E-state index contributed by atoms with van der Waals surface area (Å²) in [5.74, 6) is -0.758. The van der Waals surface area contributed by atoms with Crippen molar-refractivity contribution in [1.82, 2.24) is 4.98 Å². The van der Waals surface area contributed by atoms with Crippen molar-refractivity contribution in [1.29, 1.82) is 0 Å². The van der Waals surface area contributed by atoms with Crippen molar-refractivity contribution in [2.45, 2.75) is 6.04 Å². The third-order valence-electron chi connectivity index (χ3n) is 4.15. The Morgan fingerprint density at radius 3 is 2.50 bits per heavy atom. The molecule has 0 aliphatic carbocycles. The molecule has 1 aliphatic heterocycles. The van der Waals surface area contributed by atoms with Gasteiger partial charge in [-0.1, -0.05) is 30.3 Å². The van der Waals surface area contributed by atoms with Gasteiger partial charge >= 0.3 is 0 Å². The van der Waals surface area contributed by atoms with E-state index in [2.05, 4.69) is 9.98 Å². The Morgan fingerprint density at radius 2 is 1.67 bits per heavy atom. The smallest absolute Gasteiger partial charge is 0.220 e. The van der Waals surface area contributed by atoms with Crippen LogP contribution in [0.2, 0.25) is 0 Å². The van der Waals surface area contributed by atoms with E-state index in [-0.39, 0.29) is 17.2 Å². The van der Waals surface area contributed by atoms with Gasteiger partial charge in [0.15, 0.2) is 0 Å². The van der Waals surface area contributed by atoms with Crippen molar-refractivity contribution in [3.8, 4) is 11.1 Å². The number of rotatable bonds is 2. The van der Waals surface area contributed by atoms with Crippen molar-refractivity contribution in [2.24, 2.45) is 10.7 Å². The highest BCUT2D eigenvalue weighted by molar-refractivity contribution is 6.01. The van der Waals surface area contributed by atoms with Crippen LogP contribution in [0.25, 0.3) is 11.1 Å². The van der Waals surface area contributed by atoms with Gasteiger partial charge in [0.05, 0.1) is 0 Å². The first-order valence-corrected chi connectivity index (χ1v) is 7.48. The van der Waals surface area contributed by atoms with Gasteiger partial charge in [-0.15, -0.1) is 0 Å². The lowest BCUT2D eigenvalue weighted by atomic mass is 9.94. The number of hydrogen-bond donors (Lipinski definition) is 1. The van der Waals surface area contributed by atoms with E-state index in [1.807, 2.05) is 24.3 Å². The third kappa shape index (κ3) is 2.25. The van der Waals surface area contributed by atoms with Crippen LogP contribution in [0.4, 0.5) is 8.78 Å². The standard InChI is InChI=1S/C19H13F2N3/c20-16-8-7-11(10-15(16)13-6-3-9-23-18(13)21)17-12-4-1-2-5-14(12)19(22)24-17/h1-10,17H,(H2,22,24). The van der Waals surface area contributed by atoms with Crippen LogP contribution in [0.1, 0.15) is 22.7 Å². The second kappa shape index (κ2) is 5.53. The number of nitrogens with zero attached hydrogens (tertiary/aromatic N) is 2. The number of aliphatic imine (C=N–C) groups is 1. The lowest BCUT2D eigenvalue weighted by Crippen LogP contribution is -2.09. The summed E-state index contributed by atoms with van der Waals surface area (Å²) in [5, 5.41) is 0. The molecule has 24 heavy (non-hydrogen) atoms. The van der Waals surface area contributed by atoms with E-state index in [1.165, 1.54) is 18.3 Å². The molecule has 1 aliphatic rings. The normalized spacial score (nSPS) is 15.9. The molecule has 2 aromatic carbocycles. The molecule has 0 saturated heterocycles. The summed E-state index contributed by atoms with van der Waals surface area (Å²) in [7, 11) is 0. The van der Waals surface area contributed by atoms with Crippen LogP contribution in [0.15, 0.2) is 65.8 Å². The fourth-order valence-electron chi connectivity index (χ4n) is 3.01. The van der Waals surface area contributed by atoms with E-state index < -0.39 is 11.8 Å². The molecule has 1 aromatic heterocycles. The number of amidine groups is 1. The molecular formula is C19H13F2N3. The minimum atomic E-state index is -0.705. The predicted octanol–water partition coefficient (Wildman–Crippen LogP) is 3.84. The second-order valence-electron chi connectivity index (χ2n) is 5.59. The van der Waals surface area contributed by atoms with Gasteiger partial charge in [0.25, 0.3) is 0 Å². The largest absolute Gasteiger partial charge is 0.383 e. The van der Waals surface area contributed by atoms with E-state index in [1.54, 1.807) is 18.2 Å². The maximum Gasteiger partial charge on any atom is 0.220 e. The zero-order valence-electron chi connectivity index (χ0n) is 12.6. The summed E-state index contributed by atoms with van der Waals surface area (Å²) < 4.78 is 28.2.